The first kappa shape index (κ1) is 13.1. The highest BCUT2D eigenvalue weighted by atomic mass is 19.1. The van der Waals surface area contributed by atoms with Gasteiger partial charge >= 0.3 is 5.97 Å². The number of Topliss-reactive ketones (excluding diaryl/α,β-unsaturated/α-hetero) is 1. The van der Waals surface area contributed by atoms with Crippen molar-refractivity contribution < 1.29 is 27.9 Å². The zero-order valence-electron chi connectivity index (χ0n) is 9.91. The van der Waals surface area contributed by atoms with Gasteiger partial charge in [0.25, 0.3) is 11.7 Å². The molecule has 0 atom stereocenters. The lowest BCUT2D eigenvalue weighted by Gasteiger charge is -2.15. The van der Waals surface area contributed by atoms with Gasteiger partial charge in [-0.2, -0.15) is 0 Å². The van der Waals surface area contributed by atoms with Gasteiger partial charge in [0.05, 0.1) is 24.8 Å². The van der Waals surface area contributed by atoms with Crippen molar-refractivity contribution >= 4 is 23.3 Å². The average Bonchev–Trinajstić information content (AvgIpc) is 2.59. The number of hydrogen-bond donors (Lipinski definition) is 0. The van der Waals surface area contributed by atoms with Crippen LogP contribution in [0.15, 0.2) is 12.1 Å². The lowest BCUT2D eigenvalue weighted by molar-refractivity contribution is -0.140. The normalized spacial score (nSPS) is 13.7. The topological polar surface area (TPSA) is 63.7 Å². The number of nitrogens with zero attached hydrogens (tertiary/aromatic N) is 1. The molecule has 7 heteroatoms. The van der Waals surface area contributed by atoms with E-state index in [-0.39, 0.29) is 18.7 Å². The van der Waals surface area contributed by atoms with Gasteiger partial charge in [0.2, 0.25) is 0 Å². The molecule has 1 aromatic rings. The van der Waals surface area contributed by atoms with Crippen LogP contribution in [-0.4, -0.2) is 31.3 Å². The summed E-state index contributed by atoms with van der Waals surface area (Å²) in [5.41, 5.74) is -0.618. The van der Waals surface area contributed by atoms with Crippen LogP contribution < -0.4 is 4.90 Å². The van der Waals surface area contributed by atoms with Gasteiger partial charge in [-0.25, -0.2) is 8.78 Å². The fourth-order valence-electron chi connectivity index (χ4n) is 1.86. The molecule has 0 fully saturated rings. The number of ether oxygens (including phenoxy) is 1. The number of fused-ring (bicyclic) bond motifs is 1. The predicted octanol–water partition coefficient (Wildman–Crippen LogP) is 1.06. The number of anilines is 1. The van der Waals surface area contributed by atoms with Crippen LogP contribution in [0.5, 0.6) is 0 Å². The van der Waals surface area contributed by atoms with Crippen LogP contribution in [0.1, 0.15) is 16.8 Å². The molecule has 1 amide bonds. The summed E-state index contributed by atoms with van der Waals surface area (Å²) in [6.45, 7) is -0.173. The second-order valence-electron chi connectivity index (χ2n) is 3.89. The van der Waals surface area contributed by atoms with Gasteiger partial charge in [0.1, 0.15) is 11.6 Å². The first-order chi connectivity index (χ1) is 8.95. The molecule has 0 saturated carbocycles. The lowest BCUT2D eigenvalue weighted by atomic mass is 10.1. The van der Waals surface area contributed by atoms with Crippen molar-refractivity contribution in [3.63, 3.8) is 0 Å². The molecule has 19 heavy (non-hydrogen) atoms. The van der Waals surface area contributed by atoms with Crippen LogP contribution in [0, 0.1) is 11.6 Å². The maximum atomic E-state index is 13.5. The van der Waals surface area contributed by atoms with Crippen molar-refractivity contribution in [2.75, 3.05) is 18.6 Å². The second-order valence-corrected chi connectivity index (χ2v) is 3.89. The van der Waals surface area contributed by atoms with Gasteiger partial charge in [-0.1, -0.05) is 0 Å². The van der Waals surface area contributed by atoms with Gasteiger partial charge in [0.15, 0.2) is 0 Å². The van der Waals surface area contributed by atoms with Crippen molar-refractivity contribution in [3.05, 3.63) is 29.3 Å². The molecule has 0 unspecified atom stereocenters. The maximum Gasteiger partial charge on any atom is 0.307 e. The summed E-state index contributed by atoms with van der Waals surface area (Å²) < 4.78 is 31.0. The number of benzene rings is 1. The quantitative estimate of drug-likeness (QED) is 0.608. The molecule has 1 aliphatic rings. The van der Waals surface area contributed by atoms with Crippen molar-refractivity contribution in [2.45, 2.75) is 6.42 Å². The highest BCUT2D eigenvalue weighted by Crippen LogP contribution is 2.32. The Labute approximate surface area is 106 Å². The maximum absolute atomic E-state index is 13.5. The van der Waals surface area contributed by atoms with Crippen molar-refractivity contribution in [1.82, 2.24) is 0 Å². The monoisotopic (exact) mass is 269 g/mol. The first-order valence-corrected chi connectivity index (χ1v) is 5.37. The second kappa shape index (κ2) is 4.75. The van der Waals surface area contributed by atoms with Gasteiger partial charge in [0, 0.05) is 12.6 Å². The number of ketones is 1. The number of hydrogen-bond acceptors (Lipinski definition) is 4. The van der Waals surface area contributed by atoms with Gasteiger partial charge < -0.3 is 9.64 Å². The van der Waals surface area contributed by atoms with E-state index in [9.17, 15) is 23.2 Å². The summed E-state index contributed by atoms with van der Waals surface area (Å²) in [7, 11) is 1.17. The number of rotatable bonds is 3. The summed E-state index contributed by atoms with van der Waals surface area (Å²) in [6, 6.07) is 1.42. The minimum Gasteiger partial charge on any atom is -0.469 e. The molecular formula is C12H9F2NO4. The van der Waals surface area contributed by atoms with E-state index in [2.05, 4.69) is 4.74 Å². The van der Waals surface area contributed by atoms with Crippen LogP contribution in [0.4, 0.5) is 14.5 Å². The molecule has 0 aliphatic carbocycles. The molecule has 2 rings (SSSR count). The summed E-state index contributed by atoms with van der Waals surface area (Å²) in [4.78, 5) is 35.1. The zero-order valence-corrected chi connectivity index (χ0v) is 9.91. The molecule has 0 saturated heterocycles. The Bertz CT molecular complexity index is 585. The highest BCUT2D eigenvalue weighted by Gasteiger charge is 2.38. The van der Waals surface area contributed by atoms with E-state index in [1.54, 1.807) is 0 Å². The third-order valence-corrected chi connectivity index (χ3v) is 2.76. The third kappa shape index (κ3) is 2.18. The van der Waals surface area contributed by atoms with E-state index < -0.39 is 34.9 Å². The molecular weight excluding hydrogens is 260 g/mol. The minimum absolute atomic E-state index is 0.156. The first-order valence-electron chi connectivity index (χ1n) is 5.37. The molecule has 0 spiro atoms. The van der Waals surface area contributed by atoms with Crippen molar-refractivity contribution in [1.29, 1.82) is 0 Å². The average molecular weight is 269 g/mol. The van der Waals surface area contributed by atoms with E-state index in [4.69, 9.17) is 0 Å². The van der Waals surface area contributed by atoms with Gasteiger partial charge in [-0.15, -0.1) is 0 Å². The van der Waals surface area contributed by atoms with Crippen molar-refractivity contribution in [3.8, 4) is 0 Å². The Morgan fingerprint density at radius 1 is 1.32 bits per heavy atom. The number of esters is 1. The summed E-state index contributed by atoms with van der Waals surface area (Å²) in [6.07, 6.45) is -0.174. The Morgan fingerprint density at radius 2 is 2.00 bits per heavy atom. The fourth-order valence-corrected chi connectivity index (χ4v) is 1.86. The third-order valence-electron chi connectivity index (χ3n) is 2.76. The molecule has 5 nitrogen and oxygen atoms in total. The lowest BCUT2D eigenvalue weighted by Crippen LogP contribution is -2.32. The molecule has 100 valence electrons. The minimum atomic E-state index is -1.09. The standard InChI is InChI=1S/C12H9F2NO4/c1-19-9(16)2-3-15-8-5-6(13)4-7(14)10(8)11(17)12(15)18/h4-5H,2-3H2,1H3. The van der Waals surface area contributed by atoms with Crippen LogP contribution in [0.3, 0.4) is 0 Å². The molecule has 1 heterocycles. The Morgan fingerprint density at radius 3 is 2.63 bits per heavy atom. The number of halogens is 2. The van der Waals surface area contributed by atoms with E-state index in [1.807, 2.05) is 0 Å². The van der Waals surface area contributed by atoms with E-state index in [1.165, 1.54) is 7.11 Å². The molecule has 1 aliphatic heterocycles. The number of amides is 1. The molecule has 1 aromatic carbocycles. The molecule has 0 bridgehead atoms. The smallest absolute Gasteiger partial charge is 0.307 e. The number of carbonyl (C=O) groups excluding carboxylic acids is 3. The van der Waals surface area contributed by atoms with Gasteiger partial charge in [-0.3, -0.25) is 14.4 Å². The van der Waals surface area contributed by atoms with Crippen LogP contribution in [0.2, 0.25) is 0 Å². The van der Waals surface area contributed by atoms with E-state index >= 15 is 0 Å². The largest absolute Gasteiger partial charge is 0.469 e. The van der Waals surface area contributed by atoms with Crippen LogP contribution in [0.25, 0.3) is 0 Å². The highest BCUT2D eigenvalue weighted by molar-refractivity contribution is 6.52. The predicted molar refractivity (Wildman–Crippen MR) is 59.7 cm³/mol. The Hall–Kier alpha value is -2.31. The van der Waals surface area contributed by atoms with Crippen LogP contribution in [-0.2, 0) is 14.3 Å². The fraction of sp³-hybridized carbons (Fsp3) is 0.250. The van der Waals surface area contributed by atoms with Crippen LogP contribution >= 0.6 is 0 Å². The number of methoxy groups -OCH3 is 1. The number of carbonyl (C=O) groups is 3. The molecule has 0 N–H and O–H groups in total. The Balaban J connectivity index is 2.36. The molecule has 0 radical (unpaired) electrons. The molecule has 0 aromatic heterocycles. The van der Waals surface area contributed by atoms with Gasteiger partial charge in [-0.05, 0) is 6.07 Å². The summed E-state index contributed by atoms with van der Waals surface area (Å²) >= 11 is 0. The SMILES string of the molecule is COC(=O)CCN1C(=O)C(=O)c2c(F)cc(F)cc21. The summed E-state index contributed by atoms with van der Waals surface area (Å²) in [5, 5.41) is 0. The van der Waals surface area contributed by atoms with E-state index in [0.29, 0.717) is 6.07 Å². The Kier molecular flexibility index (Phi) is 3.28. The summed E-state index contributed by atoms with van der Waals surface area (Å²) in [5.74, 6) is -4.61. The van der Waals surface area contributed by atoms with E-state index in [0.717, 1.165) is 11.0 Å². The van der Waals surface area contributed by atoms with Crippen molar-refractivity contribution in [2.24, 2.45) is 0 Å². The zero-order chi connectivity index (χ0) is 14.2.